The molecule has 0 aromatic heterocycles. The molecule has 2 aliphatic heterocycles. The van der Waals surface area contributed by atoms with Gasteiger partial charge in [-0.2, -0.15) is 5.11 Å². The van der Waals surface area contributed by atoms with Gasteiger partial charge in [0.2, 0.25) is 0 Å². The first-order chi connectivity index (χ1) is 12.3. The first-order valence-electron chi connectivity index (χ1n) is 8.34. The number of nitrogens with two attached hydrogens (primary N) is 1. The van der Waals surface area contributed by atoms with Gasteiger partial charge in [0.15, 0.2) is 6.23 Å². The van der Waals surface area contributed by atoms with E-state index >= 15 is 0 Å². The Morgan fingerprint density at radius 2 is 1.96 bits per heavy atom. The molecule has 0 aliphatic carbocycles. The number of rotatable bonds is 9. The molecule has 2 heterocycles. The van der Waals surface area contributed by atoms with E-state index in [0.29, 0.717) is 6.42 Å². The Labute approximate surface area is 151 Å². The average molecular weight is 397 g/mol. The van der Waals surface area contributed by atoms with Gasteiger partial charge in [-0.05, 0) is 13.5 Å². The largest absolute Gasteiger partial charge is 0.405 e. The second-order valence-corrected chi connectivity index (χ2v) is 8.04. The summed E-state index contributed by atoms with van der Waals surface area (Å²) in [6.07, 6.45) is -4.64. The SMILES string of the molecule is CC[C@H]1O[C@@H](N)C(O)C1NP(=O)(OC)OC[C@H]1O[C@@H](N=N)C(O)C1NC. The molecule has 26 heavy (non-hydrogen) atoms. The minimum absolute atomic E-state index is 0.195. The molecule has 9 atom stereocenters. The van der Waals surface area contributed by atoms with Crippen LogP contribution in [0.1, 0.15) is 13.3 Å². The minimum Gasteiger partial charge on any atom is -0.387 e. The van der Waals surface area contributed by atoms with Crippen molar-refractivity contribution in [3.8, 4) is 0 Å². The highest BCUT2D eigenvalue weighted by Crippen LogP contribution is 2.45. The van der Waals surface area contributed by atoms with Crippen LogP contribution in [0.3, 0.4) is 0 Å². The van der Waals surface area contributed by atoms with Gasteiger partial charge in [0.1, 0.15) is 24.5 Å². The van der Waals surface area contributed by atoms with Gasteiger partial charge in [-0.15, -0.1) is 0 Å². The predicted molar refractivity (Wildman–Crippen MR) is 89.3 cm³/mol. The van der Waals surface area contributed by atoms with Crippen molar-refractivity contribution in [3.63, 3.8) is 0 Å². The zero-order chi connectivity index (χ0) is 19.5. The van der Waals surface area contributed by atoms with Gasteiger partial charge >= 0.3 is 7.75 Å². The highest BCUT2D eigenvalue weighted by Gasteiger charge is 2.47. The minimum atomic E-state index is -3.81. The van der Waals surface area contributed by atoms with Crippen molar-refractivity contribution in [2.75, 3.05) is 20.8 Å². The lowest BCUT2D eigenvalue weighted by Gasteiger charge is -2.27. The van der Waals surface area contributed by atoms with Crippen LogP contribution in [0.2, 0.25) is 0 Å². The fourth-order valence-electron chi connectivity index (χ4n) is 3.15. The van der Waals surface area contributed by atoms with Crippen LogP contribution in [0.15, 0.2) is 5.11 Å². The Morgan fingerprint density at radius 1 is 1.27 bits per heavy atom. The molecule has 0 spiro atoms. The maximum absolute atomic E-state index is 12.9. The van der Waals surface area contributed by atoms with Crippen LogP contribution in [0.25, 0.3) is 0 Å². The Hall–Kier alpha value is -0.530. The number of aliphatic hydroxyl groups excluding tert-OH is 2. The third kappa shape index (κ3) is 4.47. The molecule has 12 nitrogen and oxygen atoms in total. The predicted octanol–water partition coefficient (Wildman–Crippen LogP) is -1.13. The summed E-state index contributed by atoms with van der Waals surface area (Å²) in [5.74, 6) is 0. The molecule has 2 fully saturated rings. The molecule has 0 amide bonds. The first kappa shape index (κ1) is 21.8. The van der Waals surface area contributed by atoms with Gasteiger partial charge in [-0.25, -0.2) is 15.2 Å². The summed E-state index contributed by atoms with van der Waals surface area (Å²) in [6.45, 7) is 1.65. The Bertz CT molecular complexity index is 529. The van der Waals surface area contributed by atoms with E-state index in [2.05, 4.69) is 15.5 Å². The molecule has 5 unspecified atom stereocenters. The van der Waals surface area contributed by atoms with Crippen LogP contribution in [0.4, 0.5) is 0 Å². The lowest BCUT2D eigenvalue weighted by Crippen LogP contribution is -2.46. The van der Waals surface area contributed by atoms with E-state index in [9.17, 15) is 14.8 Å². The van der Waals surface area contributed by atoms with Gasteiger partial charge in [0, 0.05) is 7.11 Å². The summed E-state index contributed by atoms with van der Waals surface area (Å²) >= 11 is 0. The van der Waals surface area contributed by atoms with Crippen LogP contribution in [0.5, 0.6) is 0 Å². The van der Waals surface area contributed by atoms with Crippen molar-refractivity contribution in [1.82, 2.24) is 10.4 Å². The molecule has 0 saturated carbocycles. The molecule has 152 valence electrons. The maximum Gasteiger partial charge on any atom is 0.405 e. The number of nitrogens with one attached hydrogen (secondary N) is 3. The van der Waals surface area contributed by atoms with Gasteiger partial charge in [0.25, 0.3) is 0 Å². The molecular weight excluding hydrogens is 369 g/mol. The van der Waals surface area contributed by atoms with Gasteiger partial charge in [-0.3, -0.25) is 4.52 Å². The van der Waals surface area contributed by atoms with Crippen molar-refractivity contribution in [2.45, 2.75) is 62.3 Å². The number of nitrogens with zero attached hydrogens (tertiary/aromatic N) is 1. The van der Waals surface area contributed by atoms with Crippen molar-refractivity contribution in [3.05, 3.63) is 0 Å². The molecule has 0 aromatic carbocycles. The van der Waals surface area contributed by atoms with Crippen molar-refractivity contribution in [2.24, 2.45) is 10.8 Å². The molecule has 0 bridgehead atoms. The molecule has 0 radical (unpaired) electrons. The van der Waals surface area contributed by atoms with E-state index in [-0.39, 0.29) is 6.61 Å². The standard InChI is InChI=1S/C13H28N5O7P/c1-4-6-9(10(19)12(14)24-6)18-26(21,22-3)23-5-7-8(16-2)11(20)13(17-15)25-7/h6-13,15-16,19-20H,4-5,14H2,1-3H3,(H,18,21)/t6-,7-,8?,9?,10?,11?,12-,13-,26?/m1/s1. The Balaban J connectivity index is 2.01. The maximum atomic E-state index is 12.9. The second-order valence-electron chi connectivity index (χ2n) is 6.17. The smallest absolute Gasteiger partial charge is 0.387 e. The second kappa shape index (κ2) is 9.11. The fourth-order valence-corrected chi connectivity index (χ4v) is 4.46. The molecule has 0 aromatic rings. The highest BCUT2D eigenvalue weighted by molar-refractivity contribution is 7.51. The third-order valence-electron chi connectivity index (χ3n) is 4.63. The fraction of sp³-hybridized carbons (Fsp3) is 1.00. The van der Waals surface area contributed by atoms with E-state index in [1.165, 1.54) is 7.11 Å². The van der Waals surface area contributed by atoms with Gasteiger partial charge in [0.05, 0.1) is 24.8 Å². The van der Waals surface area contributed by atoms with Crippen molar-refractivity contribution in [1.29, 1.82) is 5.53 Å². The van der Waals surface area contributed by atoms with E-state index < -0.39 is 56.7 Å². The summed E-state index contributed by atoms with van der Waals surface area (Å²) in [7, 11) is -0.991. The summed E-state index contributed by atoms with van der Waals surface area (Å²) in [4.78, 5) is 0. The quantitative estimate of drug-likeness (QED) is 0.206. The van der Waals surface area contributed by atoms with E-state index in [4.69, 9.17) is 29.8 Å². The number of hydrogen-bond donors (Lipinski definition) is 6. The van der Waals surface area contributed by atoms with Gasteiger partial charge in [-0.1, -0.05) is 6.92 Å². The summed E-state index contributed by atoms with van der Waals surface area (Å²) < 4.78 is 34.1. The summed E-state index contributed by atoms with van der Waals surface area (Å²) in [5.41, 5.74) is 12.7. The van der Waals surface area contributed by atoms with Crippen molar-refractivity contribution < 1.29 is 33.3 Å². The number of likely N-dealkylation sites (N-methyl/N-ethyl adjacent to an activating group) is 1. The van der Waals surface area contributed by atoms with Gasteiger partial charge < -0.3 is 35.3 Å². The van der Waals surface area contributed by atoms with Crippen LogP contribution in [-0.4, -0.2) is 79.9 Å². The highest BCUT2D eigenvalue weighted by atomic mass is 31.2. The number of aliphatic hydroxyl groups is 2. The average Bonchev–Trinajstić information content (AvgIpc) is 3.10. The third-order valence-corrected chi connectivity index (χ3v) is 6.22. The number of ether oxygens (including phenoxy) is 2. The zero-order valence-electron chi connectivity index (χ0n) is 14.9. The van der Waals surface area contributed by atoms with Crippen LogP contribution >= 0.6 is 7.75 Å². The summed E-state index contributed by atoms with van der Waals surface area (Å²) in [5, 5.41) is 28.9. The normalized spacial score (nSPS) is 42.7. The topological polar surface area (TPSA) is 181 Å². The summed E-state index contributed by atoms with van der Waals surface area (Å²) in [6, 6.07) is -1.29. The lowest BCUT2D eigenvalue weighted by atomic mass is 10.1. The van der Waals surface area contributed by atoms with E-state index in [1.807, 2.05) is 6.92 Å². The Kier molecular flexibility index (Phi) is 7.62. The monoisotopic (exact) mass is 397 g/mol. The van der Waals surface area contributed by atoms with Crippen molar-refractivity contribution >= 4 is 7.75 Å². The number of hydrogen-bond acceptors (Lipinski definition) is 11. The zero-order valence-corrected chi connectivity index (χ0v) is 15.8. The first-order valence-corrected chi connectivity index (χ1v) is 9.89. The Morgan fingerprint density at radius 3 is 2.50 bits per heavy atom. The van der Waals surface area contributed by atoms with E-state index in [0.717, 1.165) is 0 Å². The van der Waals surface area contributed by atoms with Crippen LogP contribution < -0.4 is 16.1 Å². The molecule has 7 N–H and O–H groups in total. The molecule has 13 heteroatoms. The van der Waals surface area contributed by atoms with Crippen LogP contribution in [0, 0.1) is 5.53 Å². The van der Waals surface area contributed by atoms with E-state index in [1.54, 1.807) is 7.05 Å². The molecule has 2 rings (SSSR count). The van der Waals surface area contributed by atoms with Crippen LogP contribution in [-0.2, 0) is 23.1 Å². The molecule has 2 saturated heterocycles. The molecule has 2 aliphatic rings. The molecular formula is C13H28N5O7P. The lowest BCUT2D eigenvalue weighted by molar-refractivity contribution is -0.00892.